The molecule has 0 radical (unpaired) electrons. The fraction of sp³-hybridized carbons (Fsp3) is 0.104. The quantitative estimate of drug-likeness (QED) is 0.140. The second-order valence-electron chi connectivity index (χ2n) is 21.6. The van der Waals surface area contributed by atoms with Gasteiger partial charge in [0.1, 0.15) is 0 Å². The van der Waals surface area contributed by atoms with Crippen LogP contribution in [0.4, 0.5) is 34.1 Å². The first-order valence-corrected chi connectivity index (χ1v) is 32.2. The number of anilines is 6. The first-order chi connectivity index (χ1) is 34.5. The van der Waals surface area contributed by atoms with Gasteiger partial charge in [-0.15, -0.1) is 0 Å². The molecule has 0 heterocycles. The van der Waals surface area contributed by atoms with Gasteiger partial charge in [-0.1, -0.05) is 227 Å². The second-order valence-corrected chi connectivity index (χ2v) is 31.7. The Balaban J connectivity index is 1.17. The Labute approximate surface area is 420 Å². The average molecular weight is 945 g/mol. The number of benzene rings is 11. The van der Waals surface area contributed by atoms with Crippen molar-refractivity contribution < 1.29 is 0 Å². The highest BCUT2D eigenvalue weighted by molar-refractivity contribution is 6.90. The van der Waals surface area contributed by atoms with Crippen molar-refractivity contribution in [1.82, 2.24) is 0 Å². The monoisotopic (exact) mass is 944 g/mol. The van der Waals surface area contributed by atoms with Crippen molar-refractivity contribution in [3.05, 3.63) is 253 Å². The summed E-state index contributed by atoms with van der Waals surface area (Å²) in [7, 11) is -3.75. The zero-order valence-electron chi connectivity index (χ0n) is 41.3. The van der Waals surface area contributed by atoms with Crippen LogP contribution in [0.2, 0.25) is 39.3 Å². The summed E-state index contributed by atoms with van der Waals surface area (Å²) in [5, 5.41) is 10.3. The van der Waals surface area contributed by atoms with Crippen LogP contribution in [0, 0.1) is 0 Å². The summed E-state index contributed by atoms with van der Waals surface area (Å²) in [6.07, 6.45) is 0. The van der Waals surface area contributed by atoms with Gasteiger partial charge in [0.25, 0.3) is 0 Å². The highest BCUT2D eigenvalue weighted by Crippen LogP contribution is 2.65. The fourth-order valence-electron chi connectivity index (χ4n) is 12.5. The van der Waals surface area contributed by atoms with E-state index in [1.807, 2.05) is 0 Å². The van der Waals surface area contributed by atoms with Crippen molar-refractivity contribution in [3.8, 4) is 22.3 Å². The van der Waals surface area contributed by atoms with Gasteiger partial charge in [0.2, 0.25) is 0 Å². The highest BCUT2D eigenvalue weighted by atomic mass is 28.3. The molecule has 342 valence electrons. The van der Waals surface area contributed by atoms with Crippen LogP contribution in [0.3, 0.4) is 0 Å². The lowest BCUT2D eigenvalue weighted by molar-refractivity contribution is 0.794. The normalized spacial score (nSPS) is 13.3. The Bertz CT molecular complexity index is 3890. The molecule has 0 bridgehead atoms. The number of fused-ring (bicyclic) bond motifs is 14. The predicted molar refractivity (Wildman–Crippen MR) is 311 cm³/mol. The van der Waals surface area contributed by atoms with Gasteiger partial charge < -0.3 is 9.80 Å². The van der Waals surface area contributed by atoms with E-state index in [1.54, 1.807) is 0 Å². The number of hydrogen-bond donors (Lipinski definition) is 0. The molecule has 13 rings (SSSR count). The van der Waals surface area contributed by atoms with Gasteiger partial charge in [-0.3, -0.25) is 0 Å². The summed E-state index contributed by atoms with van der Waals surface area (Å²) < 4.78 is 0. The van der Waals surface area contributed by atoms with E-state index in [-0.39, 0.29) is 0 Å². The molecule has 0 aliphatic heterocycles. The fourth-order valence-corrected chi connectivity index (χ4v) is 15.6. The number of rotatable bonds is 8. The molecular weight excluding hydrogens is 889 g/mol. The minimum atomic E-state index is -1.89. The molecule has 0 amide bonds. The third-order valence-electron chi connectivity index (χ3n) is 15.5. The van der Waals surface area contributed by atoms with Crippen molar-refractivity contribution >= 4 is 93.0 Å². The largest absolute Gasteiger partial charge is 0.310 e. The zero-order chi connectivity index (χ0) is 48.2. The molecular formula is C67H56N2Si2. The molecule has 0 aromatic heterocycles. The van der Waals surface area contributed by atoms with E-state index in [0.29, 0.717) is 0 Å². The second kappa shape index (κ2) is 16.1. The molecule has 0 fully saturated rings. The van der Waals surface area contributed by atoms with Crippen LogP contribution in [0.5, 0.6) is 0 Å². The van der Waals surface area contributed by atoms with Crippen LogP contribution in [-0.2, 0) is 5.41 Å². The van der Waals surface area contributed by atoms with Gasteiger partial charge in [0.05, 0.1) is 38.6 Å². The van der Waals surface area contributed by atoms with Crippen molar-refractivity contribution in [2.45, 2.75) is 44.7 Å². The van der Waals surface area contributed by atoms with Crippen LogP contribution in [-0.4, -0.2) is 16.1 Å². The van der Waals surface area contributed by atoms with E-state index < -0.39 is 21.6 Å². The van der Waals surface area contributed by atoms with E-state index in [4.69, 9.17) is 0 Å². The molecule has 1 spiro atoms. The first kappa shape index (κ1) is 43.3. The third-order valence-corrected chi connectivity index (χ3v) is 19.6. The topological polar surface area (TPSA) is 6.48 Å². The summed E-state index contributed by atoms with van der Waals surface area (Å²) in [6.45, 7) is 14.9. The molecule has 0 N–H and O–H groups in total. The van der Waals surface area contributed by atoms with E-state index in [9.17, 15) is 0 Å². The molecule has 2 aliphatic rings. The molecule has 11 aromatic rings. The van der Waals surface area contributed by atoms with Gasteiger partial charge in [-0.25, -0.2) is 0 Å². The smallest absolute Gasteiger partial charge is 0.0803 e. The number of hydrogen-bond acceptors (Lipinski definition) is 2. The van der Waals surface area contributed by atoms with E-state index in [2.05, 4.69) is 280 Å². The standard InChI is InChI=1S/C67H56N2Si2/c1-70(2,3)64-39-19-17-35-61(64)68(59-37-21-25-45-23-7-9-27-48(45)59)47-41-42-54-57(43-47)67(55-33-15-13-29-50(55)51-30-14-16-34-56(51)67)58-44-63(52-31-11-12-32-53(52)66(54)58)69(62-36-18-20-40-65(62)71(4,5)6)60-38-22-26-46-24-8-10-28-49(46)60/h7-44H,1-6H3. The van der Waals surface area contributed by atoms with Crippen LogP contribution in [0.1, 0.15) is 22.3 Å². The SMILES string of the molecule is C[Si](C)(C)c1ccccc1N(c1ccc2c(c1)C1(c3ccccc3-c3ccccc31)c1cc(N(c3ccccc3[Si](C)(C)C)c3cccc4ccccc34)c3ccccc3c1-2)c1cccc2ccccc12. The summed E-state index contributed by atoms with van der Waals surface area (Å²) in [5.41, 5.74) is 17.1. The lowest BCUT2D eigenvalue weighted by Gasteiger charge is -2.36. The Kier molecular flexibility index (Phi) is 9.84. The molecule has 0 saturated heterocycles. The van der Waals surface area contributed by atoms with Crippen LogP contribution < -0.4 is 20.2 Å². The Morgan fingerprint density at radius 1 is 0.296 bits per heavy atom. The maximum absolute atomic E-state index is 2.63. The first-order valence-electron chi connectivity index (χ1n) is 25.2. The Morgan fingerprint density at radius 3 is 1.31 bits per heavy atom. The molecule has 71 heavy (non-hydrogen) atoms. The van der Waals surface area contributed by atoms with Crippen molar-refractivity contribution in [2.75, 3.05) is 9.80 Å². The van der Waals surface area contributed by atoms with Gasteiger partial charge in [-0.2, -0.15) is 0 Å². The zero-order valence-corrected chi connectivity index (χ0v) is 43.3. The van der Waals surface area contributed by atoms with Gasteiger partial charge >= 0.3 is 0 Å². The lowest BCUT2D eigenvalue weighted by atomic mass is 9.70. The van der Waals surface area contributed by atoms with Crippen LogP contribution in [0.25, 0.3) is 54.6 Å². The number of para-hydroxylation sites is 2. The van der Waals surface area contributed by atoms with Crippen LogP contribution >= 0.6 is 0 Å². The summed E-state index contributed by atoms with van der Waals surface area (Å²) in [6, 6.07) is 87.6. The minimum Gasteiger partial charge on any atom is -0.310 e. The summed E-state index contributed by atoms with van der Waals surface area (Å²) in [5.74, 6) is 0. The van der Waals surface area contributed by atoms with Crippen molar-refractivity contribution in [1.29, 1.82) is 0 Å². The molecule has 2 nitrogen and oxygen atoms in total. The van der Waals surface area contributed by atoms with Gasteiger partial charge in [0, 0.05) is 33.2 Å². The maximum Gasteiger partial charge on any atom is 0.0803 e. The van der Waals surface area contributed by atoms with Crippen molar-refractivity contribution in [3.63, 3.8) is 0 Å². The van der Waals surface area contributed by atoms with E-state index in [1.165, 1.54) is 116 Å². The summed E-state index contributed by atoms with van der Waals surface area (Å²) in [4.78, 5) is 5.21. The molecule has 4 heteroatoms. The number of nitrogens with zero attached hydrogens (tertiary/aromatic N) is 2. The Morgan fingerprint density at radius 2 is 0.732 bits per heavy atom. The summed E-state index contributed by atoms with van der Waals surface area (Å²) >= 11 is 0. The third kappa shape index (κ3) is 6.51. The highest BCUT2D eigenvalue weighted by Gasteiger charge is 2.53. The van der Waals surface area contributed by atoms with Crippen LogP contribution in [0.15, 0.2) is 231 Å². The predicted octanol–water partition coefficient (Wildman–Crippen LogP) is 17.5. The van der Waals surface area contributed by atoms with E-state index in [0.717, 1.165) is 5.69 Å². The molecule has 0 saturated carbocycles. The van der Waals surface area contributed by atoms with Crippen molar-refractivity contribution in [2.24, 2.45) is 0 Å². The van der Waals surface area contributed by atoms with Gasteiger partial charge in [0.15, 0.2) is 0 Å². The minimum absolute atomic E-state index is 0.627. The lowest BCUT2D eigenvalue weighted by Crippen LogP contribution is -2.40. The molecule has 0 unspecified atom stereocenters. The van der Waals surface area contributed by atoms with E-state index >= 15 is 0 Å². The van der Waals surface area contributed by atoms with Gasteiger partial charge in [-0.05, 0) is 114 Å². The Hall–Kier alpha value is -7.77. The maximum atomic E-state index is 2.63. The molecule has 2 aliphatic carbocycles. The molecule has 11 aromatic carbocycles. The molecule has 0 atom stereocenters. The average Bonchev–Trinajstić information content (AvgIpc) is 3.86.